The molecule has 1 saturated heterocycles. The van der Waals surface area contributed by atoms with Crippen molar-refractivity contribution >= 4 is 17.7 Å². The molecule has 1 fully saturated rings. The van der Waals surface area contributed by atoms with E-state index < -0.39 is 4.92 Å². The number of aromatic hydroxyl groups is 1. The minimum atomic E-state index is -0.404. The normalized spacial score (nSPS) is 14.1. The number of aldehydes is 1. The van der Waals surface area contributed by atoms with Crippen molar-refractivity contribution in [3.8, 4) is 28.7 Å². The van der Waals surface area contributed by atoms with Crippen LogP contribution in [0.25, 0.3) is 23.0 Å². The Hall–Kier alpha value is -4.64. The molecule has 0 aliphatic carbocycles. The van der Waals surface area contributed by atoms with Crippen LogP contribution in [0.4, 0.5) is 11.4 Å². The molecule has 0 atom stereocenters. The number of rotatable bonds is 7. The van der Waals surface area contributed by atoms with Crippen LogP contribution in [-0.4, -0.2) is 62.5 Å². The van der Waals surface area contributed by atoms with Gasteiger partial charge in [0.25, 0.3) is 11.6 Å². The van der Waals surface area contributed by atoms with E-state index in [9.17, 15) is 20.0 Å². The second-order valence-electron chi connectivity index (χ2n) is 8.37. The van der Waals surface area contributed by atoms with E-state index in [1.807, 2.05) is 11.0 Å². The molecule has 2 aromatic carbocycles. The fourth-order valence-electron chi connectivity index (χ4n) is 4.21. The third kappa shape index (κ3) is 4.77. The Balaban J connectivity index is 1.30. The van der Waals surface area contributed by atoms with Gasteiger partial charge in [-0.25, -0.2) is 0 Å². The summed E-state index contributed by atoms with van der Waals surface area (Å²) in [5.41, 5.74) is 2.68. The third-order valence-electron chi connectivity index (χ3n) is 6.08. The zero-order valence-corrected chi connectivity index (χ0v) is 19.1. The van der Waals surface area contributed by atoms with Crippen LogP contribution in [0.1, 0.15) is 15.9 Å². The van der Waals surface area contributed by atoms with Gasteiger partial charge < -0.3 is 14.5 Å². The molecule has 0 saturated carbocycles. The van der Waals surface area contributed by atoms with Gasteiger partial charge in [-0.1, -0.05) is 17.3 Å². The zero-order valence-electron chi connectivity index (χ0n) is 19.1. The molecule has 0 radical (unpaired) electrons. The highest BCUT2D eigenvalue weighted by molar-refractivity contribution is 5.79. The van der Waals surface area contributed by atoms with Gasteiger partial charge in [0, 0.05) is 50.6 Å². The maximum absolute atomic E-state index is 11.9. The number of phenolic OH excluding ortho intramolecular Hbond substituents is 1. The Morgan fingerprint density at radius 1 is 1.08 bits per heavy atom. The van der Waals surface area contributed by atoms with Gasteiger partial charge in [-0.15, -0.1) is 0 Å². The lowest BCUT2D eigenvalue weighted by atomic mass is 10.1. The molecule has 36 heavy (non-hydrogen) atoms. The van der Waals surface area contributed by atoms with Crippen LogP contribution in [0.15, 0.2) is 65.3 Å². The Labute approximate surface area is 205 Å². The van der Waals surface area contributed by atoms with Gasteiger partial charge in [-0.2, -0.15) is 4.98 Å². The molecule has 4 aromatic rings. The van der Waals surface area contributed by atoms with Crippen LogP contribution < -0.4 is 4.90 Å². The fraction of sp³-hybridized carbons (Fsp3) is 0.200. The van der Waals surface area contributed by atoms with Crippen LogP contribution in [0.2, 0.25) is 0 Å². The molecule has 11 heteroatoms. The zero-order chi connectivity index (χ0) is 25.1. The van der Waals surface area contributed by atoms with Crippen molar-refractivity contribution in [3.63, 3.8) is 0 Å². The summed E-state index contributed by atoms with van der Waals surface area (Å²) >= 11 is 0. The summed E-state index contributed by atoms with van der Waals surface area (Å²) in [4.78, 5) is 35.3. The molecule has 0 bridgehead atoms. The van der Waals surface area contributed by atoms with Crippen LogP contribution in [0.3, 0.4) is 0 Å². The van der Waals surface area contributed by atoms with Crippen molar-refractivity contribution in [3.05, 3.63) is 82.0 Å². The maximum atomic E-state index is 11.9. The summed E-state index contributed by atoms with van der Waals surface area (Å²) in [7, 11) is 0. The number of nitro benzene ring substituents is 1. The predicted octanol–water partition coefficient (Wildman–Crippen LogP) is 3.55. The highest BCUT2D eigenvalue weighted by Gasteiger charge is 2.25. The first-order valence-corrected chi connectivity index (χ1v) is 11.3. The number of nitrogens with zero attached hydrogens (tertiary/aromatic N) is 6. The number of pyridine rings is 1. The summed E-state index contributed by atoms with van der Waals surface area (Å²) in [6, 6.07) is 15.2. The van der Waals surface area contributed by atoms with Crippen LogP contribution in [-0.2, 0) is 6.54 Å². The van der Waals surface area contributed by atoms with Crippen molar-refractivity contribution in [2.45, 2.75) is 6.54 Å². The van der Waals surface area contributed by atoms with E-state index in [1.54, 1.807) is 42.6 Å². The van der Waals surface area contributed by atoms with E-state index in [0.717, 1.165) is 5.56 Å². The number of nitro groups is 1. The van der Waals surface area contributed by atoms with Gasteiger partial charge in [0.1, 0.15) is 17.1 Å². The van der Waals surface area contributed by atoms with Crippen LogP contribution >= 0.6 is 0 Å². The topological polar surface area (TPSA) is 139 Å². The van der Waals surface area contributed by atoms with E-state index in [4.69, 9.17) is 4.52 Å². The lowest BCUT2D eigenvalue weighted by Gasteiger charge is -2.35. The first kappa shape index (κ1) is 23.1. The van der Waals surface area contributed by atoms with Gasteiger partial charge in [0.2, 0.25) is 5.82 Å². The predicted molar refractivity (Wildman–Crippen MR) is 131 cm³/mol. The fourth-order valence-corrected chi connectivity index (χ4v) is 4.21. The average molecular weight is 486 g/mol. The average Bonchev–Trinajstić information content (AvgIpc) is 3.41. The summed E-state index contributed by atoms with van der Waals surface area (Å²) in [5, 5.41) is 25.5. The highest BCUT2D eigenvalue weighted by atomic mass is 16.6. The SMILES string of the molecule is O=Cc1cc(CN2CCN(c3ccc(-c4nc(-c5ccccn5)no4)cc3[N+](=O)[O-])CC2)ccc1O. The second-order valence-corrected chi connectivity index (χ2v) is 8.37. The number of phenols is 1. The van der Waals surface area contributed by atoms with Gasteiger partial charge in [0.15, 0.2) is 6.29 Å². The Morgan fingerprint density at radius 2 is 1.92 bits per heavy atom. The maximum Gasteiger partial charge on any atom is 0.293 e. The number of hydrogen-bond donors (Lipinski definition) is 1. The molecule has 1 aliphatic rings. The summed E-state index contributed by atoms with van der Waals surface area (Å²) in [6.45, 7) is 3.19. The Kier molecular flexibility index (Phi) is 6.37. The lowest BCUT2D eigenvalue weighted by molar-refractivity contribution is -0.384. The number of piperazine rings is 1. The molecule has 182 valence electrons. The monoisotopic (exact) mass is 486 g/mol. The number of carbonyl (C=O) groups excluding carboxylic acids is 1. The molecule has 1 aliphatic heterocycles. The number of hydrogen-bond acceptors (Lipinski definition) is 10. The van der Waals surface area contributed by atoms with Gasteiger partial charge in [-0.05, 0) is 42.0 Å². The summed E-state index contributed by atoms with van der Waals surface area (Å²) in [5.74, 6) is 0.448. The smallest absolute Gasteiger partial charge is 0.293 e. The molecule has 2 aromatic heterocycles. The standard InChI is InChI=1S/C25H22N6O5/c32-16-19-13-17(4-7-23(19)33)15-29-9-11-30(12-10-29)21-6-5-18(14-22(21)31(34)35)25-27-24(28-36-25)20-3-1-2-8-26-20/h1-8,13-14,16,33H,9-12,15H2. The third-order valence-corrected chi connectivity index (χ3v) is 6.08. The molecule has 0 unspecified atom stereocenters. The number of benzene rings is 2. The molecule has 1 N–H and O–H groups in total. The number of anilines is 1. The van der Waals surface area contributed by atoms with E-state index in [-0.39, 0.29) is 22.9 Å². The molecule has 3 heterocycles. The van der Waals surface area contributed by atoms with Crippen molar-refractivity contribution < 1.29 is 19.3 Å². The van der Waals surface area contributed by atoms with E-state index >= 15 is 0 Å². The van der Waals surface area contributed by atoms with Crippen molar-refractivity contribution in [2.24, 2.45) is 0 Å². The lowest BCUT2D eigenvalue weighted by Crippen LogP contribution is -2.46. The van der Waals surface area contributed by atoms with Crippen molar-refractivity contribution in [2.75, 3.05) is 31.1 Å². The molecular weight excluding hydrogens is 464 g/mol. The second kappa shape index (κ2) is 9.92. The number of aromatic nitrogens is 3. The number of carbonyl (C=O) groups is 1. The van der Waals surface area contributed by atoms with E-state index in [2.05, 4.69) is 20.0 Å². The van der Waals surface area contributed by atoms with Crippen LogP contribution in [0.5, 0.6) is 5.75 Å². The molecule has 11 nitrogen and oxygen atoms in total. The first-order chi connectivity index (χ1) is 17.5. The summed E-state index contributed by atoms with van der Waals surface area (Å²) in [6.07, 6.45) is 2.26. The van der Waals surface area contributed by atoms with Crippen LogP contribution in [0, 0.1) is 10.1 Å². The Morgan fingerprint density at radius 3 is 2.64 bits per heavy atom. The molecule has 0 spiro atoms. The quantitative estimate of drug-likeness (QED) is 0.234. The minimum absolute atomic E-state index is 0.0345. The van der Waals surface area contributed by atoms with E-state index in [0.29, 0.717) is 61.8 Å². The first-order valence-electron chi connectivity index (χ1n) is 11.3. The molecule has 5 rings (SSSR count). The highest BCUT2D eigenvalue weighted by Crippen LogP contribution is 2.34. The van der Waals surface area contributed by atoms with E-state index in [1.165, 1.54) is 12.1 Å². The molecular formula is C25H22N6O5. The van der Waals surface area contributed by atoms with Gasteiger partial charge in [0.05, 0.1) is 10.5 Å². The van der Waals surface area contributed by atoms with Gasteiger partial charge >= 0.3 is 0 Å². The Bertz CT molecular complexity index is 1400. The van der Waals surface area contributed by atoms with Crippen molar-refractivity contribution in [1.29, 1.82) is 0 Å². The minimum Gasteiger partial charge on any atom is -0.507 e. The van der Waals surface area contributed by atoms with Gasteiger partial charge in [-0.3, -0.25) is 24.8 Å². The largest absolute Gasteiger partial charge is 0.507 e. The van der Waals surface area contributed by atoms with Crippen molar-refractivity contribution in [1.82, 2.24) is 20.0 Å². The molecule has 0 amide bonds. The summed E-state index contributed by atoms with van der Waals surface area (Å²) < 4.78 is 5.34.